The number of nitrogens with one attached hydrogen (secondary N) is 1. The Kier molecular flexibility index (Phi) is 3.47. The molecule has 1 fully saturated rings. The molecule has 1 heterocycles. The average Bonchev–Trinajstić information content (AvgIpc) is 2.52. The summed E-state index contributed by atoms with van der Waals surface area (Å²) in [6, 6.07) is 0. The number of esters is 1. The molecule has 2 rings (SSSR count). The molecule has 7 heteroatoms. The summed E-state index contributed by atoms with van der Waals surface area (Å²) in [5, 5.41) is 2.49. The highest BCUT2D eigenvalue weighted by molar-refractivity contribution is 5.89. The van der Waals surface area contributed by atoms with Crippen LogP contribution in [-0.4, -0.2) is 28.3 Å². The molecular formula is C12H16F2N2O3. The van der Waals surface area contributed by atoms with Gasteiger partial charge < -0.3 is 4.74 Å². The fourth-order valence-electron chi connectivity index (χ4n) is 2.34. The van der Waals surface area contributed by atoms with Crippen molar-refractivity contribution in [3.05, 3.63) is 21.6 Å². The minimum atomic E-state index is -2.61. The third-order valence-electron chi connectivity index (χ3n) is 3.29. The van der Waals surface area contributed by atoms with E-state index < -0.39 is 17.5 Å². The summed E-state index contributed by atoms with van der Waals surface area (Å²) in [5.41, 5.74) is -0.0132. The van der Waals surface area contributed by atoms with Crippen LogP contribution in [0.2, 0.25) is 0 Å². The molecule has 106 valence electrons. The van der Waals surface area contributed by atoms with Gasteiger partial charge in [-0.3, -0.25) is 14.6 Å². The van der Waals surface area contributed by atoms with Gasteiger partial charge in [0.2, 0.25) is 5.92 Å². The van der Waals surface area contributed by atoms with Crippen LogP contribution in [0.25, 0.3) is 0 Å². The van der Waals surface area contributed by atoms with Crippen LogP contribution < -0.4 is 5.56 Å². The second-order valence-electron chi connectivity index (χ2n) is 4.88. The number of aromatic amines is 1. The van der Waals surface area contributed by atoms with Crippen molar-refractivity contribution in [3.63, 3.8) is 0 Å². The number of halogens is 2. The average molecular weight is 274 g/mol. The molecule has 0 aliphatic heterocycles. The maximum Gasteiger partial charge on any atom is 0.356 e. The van der Waals surface area contributed by atoms with Crippen molar-refractivity contribution >= 4 is 5.97 Å². The van der Waals surface area contributed by atoms with Gasteiger partial charge in [0.15, 0.2) is 5.69 Å². The lowest BCUT2D eigenvalue weighted by molar-refractivity contribution is -0.114. The van der Waals surface area contributed by atoms with Gasteiger partial charge >= 0.3 is 5.97 Å². The molecule has 1 aromatic heterocycles. The summed E-state index contributed by atoms with van der Waals surface area (Å²) < 4.78 is 31.8. The lowest BCUT2D eigenvalue weighted by atomic mass is 9.81. The number of carbonyl (C=O) groups excluding carboxylic acids is 1. The van der Waals surface area contributed by atoms with Gasteiger partial charge in [-0.2, -0.15) is 0 Å². The highest BCUT2D eigenvalue weighted by atomic mass is 19.3. The van der Waals surface area contributed by atoms with Gasteiger partial charge in [-0.15, -0.1) is 0 Å². The third-order valence-corrected chi connectivity index (χ3v) is 3.29. The number of H-pyrrole nitrogens is 1. The zero-order chi connectivity index (χ0) is 14.2. The smallest absolute Gasteiger partial charge is 0.356 e. The van der Waals surface area contributed by atoms with Gasteiger partial charge in [-0.25, -0.2) is 13.6 Å². The Morgan fingerprint density at radius 2 is 2.16 bits per heavy atom. The van der Waals surface area contributed by atoms with Crippen LogP contribution in [0.4, 0.5) is 8.78 Å². The maximum atomic E-state index is 12.8. The van der Waals surface area contributed by atoms with E-state index in [1.54, 1.807) is 6.92 Å². The Hall–Kier alpha value is -1.66. The van der Waals surface area contributed by atoms with Gasteiger partial charge in [0.25, 0.3) is 5.56 Å². The summed E-state index contributed by atoms with van der Waals surface area (Å²) in [6.07, 6.45) is -0.428. The highest BCUT2D eigenvalue weighted by Crippen LogP contribution is 2.43. The van der Waals surface area contributed by atoms with Crippen LogP contribution in [0.5, 0.6) is 0 Å². The van der Waals surface area contributed by atoms with Gasteiger partial charge in [0, 0.05) is 24.9 Å². The molecule has 1 saturated carbocycles. The molecule has 0 bridgehead atoms. The standard InChI is InChI=1S/C12H16F2N2O3/c1-3-19-11(18)9-7(2)10(17)15-16(9)6-8-4-12(13,14)5-8/h8H,3-6H2,1-2H3,(H,15,17). The molecule has 1 aromatic rings. The molecule has 0 saturated heterocycles. The van der Waals surface area contributed by atoms with Crippen LogP contribution >= 0.6 is 0 Å². The zero-order valence-electron chi connectivity index (χ0n) is 10.8. The van der Waals surface area contributed by atoms with E-state index in [1.165, 1.54) is 11.6 Å². The lowest BCUT2D eigenvalue weighted by Crippen LogP contribution is -2.38. The molecule has 19 heavy (non-hydrogen) atoms. The van der Waals surface area contributed by atoms with Crippen molar-refractivity contribution < 1.29 is 18.3 Å². The number of nitrogens with zero attached hydrogens (tertiary/aromatic N) is 1. The van der Waals surface area contributed by atoms with Crippen LogP contribution in [-0.2, 0) is 11.3 Å². The summed E-state index contributed by atoms with van der Waals surface area (Å²) in [4.78, 5) is 23.3. The van der Waals surface area contributed by atoms with Crippen LogP contribution in [0.3, 0.4) is 0 Å². The largest absolute Gasteiger partial charge is 0.461 e. The third kappa shape index (κ3) is 2.69. The van der Waals surface area contributed by atoms with E-state index in [2.05, 4.69) is 5.10 Å². The molecular weight excluding hydrogens is 258 g/mol. The van der Waals surface area contributed by atoms with Crippen LogP contribution in [0.15, 0.2) is 4.79 Å². The van der Waals surface area contributed by atoms with Crippen LogP contribution in [0, 0.1) is 12.8 Å². The molecule has 1 aliphatic rings. The summed E-state index contributed by atoms with van der Waals surface area (Å²) in [5.74, 6) is -3.45. The van der Waals surface area contributed by atoms with Gasteiger partial charge in [0.05, 0.1) is 6.61 Å². The number of rotatable bonds is 4. The minimum absolute atomic E-state index is 0.127. The molecule has 1 N–H and O–H groups in total. The topological polar surface area (TPSA) is 64.1 Å². The molecule has 0 atom stereocenters. The lowest BCUT2D eigenvalue weighted by Gasteiger charge is -2.35. The van der Waals surface area contributed by atoms with Crippen molar-refractivity contribution in [2.24, 2.45) is 5.92 Å². The Morgan fingerprint density at radius 1 is 1.53 bits per heavy atom. The Labute approximate surface area is 108 Å². The first kappa shape index (κ1) is 13.8. The molecule has 0 unspecified atom stereocenters. The molecule has 0 radical (unpaired) electrons. The van der Waals surface area contributed by atoms with E-state index in [0.29, 0.717) is 0 Å². The molecule has 1 aliphatic carbocycles. The molecule has 0 aromatic carbocycles. The highest BCUT2D eigenvalue weighted by Gasteiger charge is 2.45. The number of aromatic nitrogens is 2. The summed E-state index contributed by atoms with van der Waals surface area (Å²) in [7, 11) is 0. The summed E-state index contributed by atoms with van der Waals surface area (Å²) >= 11 is 0. The number of alkyl halides is 2. The number of carbonyl (C=O) groups is 1. The first-order valence-electron chi connectivity index (χ1n) is 6.18. The van der Waals surface area contributed by atoms with E-state index in [4.69, 9.17) is 4.74 Å². The van der Waals surface area contributed by atoms with E-state index >= 15 is 0 Å². The first-order chi connectivity index (χ1) is 8.84. The van der Waals surface area contributed by atoms with Crippen molar-refractivity contribution in [1.29, 1.82) is 0 Å². The minimum Gasteiger partial charge on any atom is -0.461 e. The SMILES string of the molecule is CCOC(=O)c1c(C)c(=O)[nH]n1CC1CC(F)(F)C1. The van der Waals surface area contributed by atoms with Crippen molar-refractivity contribution in [1.82, 2.24) is 9.78 Å². The van der Waals surface area contributed by atoms with E-state index in [1.807, 2.05) is 0 Å². The molecule has 0 spiro atoms. The van der Waals surface area contributed by atoms with E-state index in [-0.39, 0.29) is 43.2 Å². The molecule has 5 nitrogen and oxygen atoms in total. The van der Waals surface area contributed by atoms with Gasteiger partial charge in [-0.1, -0.05) is 0 Å². The fraction of sp³-hybridized carbons (Fsp3) is 0.667. The Bertz CT molecular complexity index is 540. The number of hydrogen-bond donors (Lipinski definition) is 1. The van der Waals surface area contributed by atoms with Crippen molar-refractivity contribution in [2.45, 2.75) is 39.2 Å². The summed E-state index contributed by atoms with van der Waals surface area (Å²) in [6.45, 7) is 3.57. The monoisotopic (exact) mass is 274 g/mol. The first-order valence-corrected chi connectivity index (χ1v) is 6.18. The van der Waals surface area contributed by atoms with Crippen LogP contribution in [0.1, 0.15) is 35.8 Å². The maximum absolute atomic E-state index is 12.8. The second-order valence-corrected chi connectivity index (χ2v) is 4.88. The molecule has 0 amide bonds. The van der Waals surface area contributed by atoms with E-state index in [9.17, 15) is 18.4 Å². The normalized spacial score (nSPS) is 18.1. The van der Waals surface area contributed by atoms with Gasteiger partial charge in [-0.05, 0) is 19.8 Å². The van der Waals surface area contributed by atoms with Crippen molar-refractivity contribution in [3.8, 4) is 0 Å². The number of hydrogen-bond acceptors (Lipinski definition) is 3. The second kappa shape index (κ2) is 4.79. The van der Waals surface area contributed by atoms with Crippen molar-refractivity contribution in [2.75, 3.05) is 6.61 Å². The predicted molar refractivity (Wildman–Crippen MR) is 63.4 cm³/mol. The van der Waals surface area contributed by atoms with E-state index in [0.717, 1.165) is 0 Å². The fourth-order valence-corrected chi connectivity index (χ4v) is 2.34. The zero-order valence-corrected chi connectivity index (χ0v) is 10.8. The Morgan fingerprint density at radius 3 is 2.68 bits per heavy atom. The number of ether oxygens (including phenoxy) is 1. The predicted octanol–water partition coefficient (Wildman–Crippen LogP) is 1.71. The quantitative estimate of drug-likeness (QED) is 0.850. The Balaban J connectivity index is 2.19. The van der Waals surface area contributed by atoms with Gasteiger partial charge in [0.1, 0.15) is 0 Å².